The zero-order valence-electron chi connectivity index (χ0n) is 19.1. The fraction of sp³-hybridized carbons (Fsp3) is 0.348. The van der Waals surface area contributed by atoms with E-state index in [4.69, 9.17) is 0 Å². The Morgan fingerprint density at radius 3 is 2.68 bits per heavy atom. The number of allylic oxidation sites excluding steroid dienone is 1. The number of carbonyl (C=O) groups excluding carboxylic acids is 1. The van der Waals surface area contributed by atoms with Gasteiger partial charge in [-0.3, -0.25) is 9.48 Å². The van der Waals surface area contributed by atoms with Gasteiger partial charge in [0.05, 0.1) is 30.7 Å². The molecule has 0 radical (unpaired) electrons. The molecule has 0 fully saturated rings. The molecule has 0 saturated carbocycles. The Labute approximate surface area is 194 Å². The second-order valence-corrected chi connectivity index (χ2v) is 8.36. The summed E-state index contributed by atoms with van der Waals surface area (Å²) >= 11 is 0. The van der Waals surface area contributed by atoms with Crippen LogP contribution in [0.25, 0.3) is 5.57 Å². The summed E-state index contributed by atoms with van der Waals surface area (Å²) in [6.07, 6.45) is 0.250. The summed E-state index contributed by atoms with van der Waals surface area (Å²) in [5, 5.41) is 7.16. The fourth-order valence-electron chi connectivity index (χ4n) is 3.81. The minimum atomic E-state index is -4.51. The molecular formula is C23H24F3N7O. The third-order valence-corrected chi connectivity index (χ3v) is 5.45. The minimum absolute atomic E-state index is 0.0973. The van der Waals surface area contributed by atoms with Crippen LogP contribution in [-0.4, -0.2) is 44.2 Å². The number of hydrogen-bond acceptors (Lipinski definition) is 6. The molecule has 0 spiro atoms. The lowest BCUT2D eigenvalue weighted by molar-refractivity contribution is -0.141. The fourth-order valence-corrected chi connectivity index (χ4v) is 3.81. The highest BCUT2D eigenvalue weighted by Crippen LogP contribution is 2.30. The standard InChI is InChI=1S/C23H24F3N7O/c1-13(2)20-16(6-7-17(29-20)23(24,25)26)11-33-10-15(9-27-33)5-8-18-28-14(3)21-22(30-18)32(4)12-19(34)31-21/h6-7,9-10H,1,5,8,11-12H2,2-4H3,(H,31,34). The molecule has 0 aliphatic carbocycles. The molecule has 0 atom stereocenters. The van der Waals surface area contributed by atoms with Crippen LogP contribution in [-0.2, 0) is 30.4 Å². The molecule has 1 aliphatic heterocycles. The summed E-state index contributed by atoms with van der Waals surface area (Å²) in [6, 6.07) is 2.39. The summed E-state index contributed by atoms with van der Waals surface area (Å²) in [6.45, 7) is 7.73. The molecule has 0 saturated heterocycles. The first-order valence-corrected chi connectivity index (χ1v) is 10.6. The van der Waals surface area contributed by atoms with Crippen LogP contribution >= 0.6 is 0 Å². The number of alkyl halides is 3. The number of amides is 1. The van der Waals surface area contributed by atoms with Crippen molar-refractivity contribution in [3.05, 3.63) is 65.1 Å². The number of carbonyl (C=O) groups is 1. The van der Waals surface area contributed by atoms with E-state index in [1.807, 2.05) is 20.2 Å². The topological polar surface area (TPSA) is 88.8 Å². The van der Waals surface area contributed by atoms with Crippen molar-refractivity contribution >= 4 is 23.0 Å². The highest BCUT2D eigenvalue weighted by atomic mass is 19.4. The molecule has 11 heteroatoms. The maximum Gasteiger partial charge on any atom is 0.433 e. The molecule has 34 heavy (non-hydrogen) atoms. The Morgan fingerprint density at radius 2 is 1.97 bits per heavy atom. The zero-order chi connectivity index (χ0) is 24.6. The van der Waals surface area contributed by atoms with Gasteiger partial charge in [0.2, 0.25) is 5.91 Å². The van der Waals surface area contributed by atoms with Gasteiger partial charge < -0.3 is 10.2 Å². The van der Waals surface area contributed by atoms with Crippen LogP contribution < -0.4 is 10.2 Å². The Bertz CT molecular complexity index is 1270. The predicted octanol–water partition coefficient (Wildman–Crippen LogP) is 3.65. The van der Waals surface area contributed by atoms with Gasteiger partial charge in [0.25, 0.3) is 0 Å². The average molecular weight is 471 g/mol. The zero-order valence-corrected chi connectivity index (χ0v) is 19.1. The lowest BCUT2D eigenvalue weighted by Gasteiger charge is -2.27. The van der Waals surface area contributed by atoms with E-state index < -0.39 is 11.9 Å². The summed E-state index contributed by atoms with van der Waals surface area (Å²) < 4.78 is 40.8. The largest absolute Gasteiger partial charge is 0.433 e. The van der Waals surface area contributed by atoms with Crippen LogP contribution in [0.1, 0.15) is 41.0 Å². The molecule has 1 N–H and O–H groups in total. The summed E-state index contributed by atoms with van der Waals surface area (Å²) in [4.78, 5) is 26.4. The molecule has 0 unspecified atom stereocenters. The van der Waals surface area contributed by atoms with Gasteiger partial charge in [0.15, 0.2) is 5.82 Å². The predicted molar refractivity (Wildman–Crippen MR) is 121 cm³/mol. The smallest absolute Gasteiger partial charge is 0.349 e. The van der Waals surface area contributed by atoms with Crippen LogP contribution in [0, 0.1) is 6.92 Å². The Kier molecular flexibility index (Phi) is 6.11. The van der Waals surface area contributed by atoms with Crippen molar-refractivity contribution in [3.63, 3.8) is 0 Å². The lowest BCUT2D eigenvalue weighted by Crippen LogP contribution is -2.37. The van der Waals surface area contributed by atoms with Crippen molar-refractivity contribution in [2.75, 3.05) is 23.8 Å². The second-order valence-electron chi connectivity index (χ2n) is 8.36. The van der Waals surface area contributed by atoms with Crippen molar-refractivity contribution in [3.8, 4) is 0 Å². The molecule has 1 aliphatic rings. The summed E-state index contributed by atoms with van der Waals surface area (Å²) in [5.41, 5.74) is 2.62. The van der Waals surface area contributed by atoms with E-state index in [1.165, 1.54) is 6.07 Å². The van der Waals surface area contributed by atoms with Crippen LogP contribution in [0.15, 0.2) is 31.1 Å². The molecule has 4 heterocycles. The monoisotopic (exact) mass is 471 g/mol. The molecule has 1 amide bonds. The number of hydrogen-bond donors (Lipinski definition) is 1. The van der Waals surface area contributed by atoms with E-state index in [0.717, 1.165) is 11.6 Å². The molecule has 3 aromatic heterocycles. The van der Waals surface area contributed by atoms with Gasteiger partial charge in [0, 0.05) is 19.7 Å². The van der Waals surface area contributed by atoms with Crippen LogP contribution in [0.3, 0.4) is 0 Å². The normalized spacial score (nSPS) is 13.6. The van der Waals surface area contributed by atoms with Crippen LogP contribution in [0.4, 0.5) is 24.7 Å². The van der Waals surface area contributed by atoms with Gasteiger partial charge >= 0.3 is 6.18 Å². The Hall–Kier alpha value is -3.76. The Morgan fingerprint density at radius 1 is 1.21 bits per heavy atom. The van der Waals surface area contributed by atoms with Crippen molar-refractivity contribution in [2.24, 2.45) is 0 Å². The number of nitrogens with zero attached hydrogens (tertiary/aromatic N) is 6. The van der Waals surface area contributed by atoms with E-state index in [0.29, 0.717) is 47.0 Å². The van der Waals surface area contributed by atoms with Crippen molar-refractivity contribution in [2.45, 2.75) is 39.4 Å². The van der Waals surface area contributed by atoms with Gasteiger partial charge in [-0.25, -0.2) is 15.0 Å². The molecule has 3 aromatic rings. The highest BCUT2D eigenvalue weighted by Gasteiger charge is 2.33. The molecule has 0 bridgehead atoms. The van der Waals surface area contributed by atoms with Crippen LogP contribution in [0.2, 0.25) is 0 Å². The number of aryl methyl sites for hydroxylation is 3. The number of pyridine rings is 1. The van der Waals surface area contributed by atoms with E-state index >= 15 is 0 Å². The van der Waals surface area contributed by atoms with E-state index in [2.05, 4.69) is 31.9 Å². The van der Waals surface area contributed by atoms with E-state index in [-0.39, 0.29) is 24.7 Å². The first kappa shape index (κ1) is 23.4. The van der Waals surface area contributed by atoms with Crippen molar-refractivity contribution < 1.29 is 18.0 Å². The third kappa shape index (κ3) is 4.92. The number of likely N-dealkylation sites (N-methyl/N-ethyl adjacent to an activating group) is 1. The van der Waals surface area contributed by atoms with Gasteiger partial charge in [-0.2, -0.15) is 18.3 Å². The quantitative estimate of drug-likeness (QED) is 0.591. The minimum Gasteiger partial charge on any atom is -0.349 e. The molecule has 8 nitrogen and oxygen atoms in total. The van der Waals surface area contributed by atoms with Gasteiger partial charge in [-0.05, 0) is 43.0 Å². The molecule has 0 aromatic carbocycles. The van der Waals surface area contributed by atoms with Gasteiger partial charge in [-0.1, -0.05) is 12.6 Å². The number of nitrogens with one attached hydrogen (secondary N) is 1. The van der Waals surface area contributed by atoms with E-state index in [1.54, 1.807) is 22.7 Å². The van der Waals surface area contributed by atoms with E-state index in [9.17, 15) is 18.0 Å². The number of halogens is 3. The van der Waals surface area contributed by atoms with Gasteiger partial charge in [0.1, 0.15) is 17.2 Å². The Balaban J connectivity index is 1.47. The molecular weight excluding hydrogens is 447 g/mol. The molecule has 178 valence electrons. The first-order chi connectivity index (χ1) is 16.0. The maximum absolute atomic E-state index is 13.0. The first-order valence-electron chi connectivity index (χ1n) is 10.6. The van der Waals surface area contributed by atoms with Crippen molar-refractivity contribution in [1.82, 2.24) is 24.7 Å². The third-order valence-electron chi connectivity index (χ3n) is 5.45. The SMILES string of the molecule is C=C(C)c1nc(C(F)(F)F)ccc1Cn1cc(CCc2nc(C)c3c(n2)N(C)CC(=O)N3)cn1. The summed E-state index contributed by atoms with van der Waals surface area (Å²) in [5.74, 6) is 1.25. The molecule has 4 rings (SSSR count). The maximum atomic E-state index is 13.0. The highest BCUT2D eigenvalue weighted by molar-refractivity contribution is 6.00. The lowest BCUT2D eigenvalue weighted by atomic mass is 10.1. The average Bonchev–Trinajstić information content (AvgIpc) is 3.19. The number of rotatable bonds is 6. The number of fused-ring (bicyclic) bond motifs is 1. The van der Waals surface area contributed by atoms with Crippen molar-refractivity contribution in [1.29, 1.82) is 0 Å². The second kappa shape index (κ2) is 8.88. The van der Waals surface area contributed by atoms with Crippen LogP contribution in [0.5, 0.6) is 0 Å². The number of anilines is 2. The summed E-state index contributed by atoms with van der Waals surface area (Å²) in [7, 11) is 1.81. The van der Waals surface area contributed by atoms with Gasteiger partial charge in [-0.15, -0.1) is 0 Å². The number of aromatic nitrogens is 5.